The van der Waals surface area contributed by atoms with Gasteiger partial charge in [-0.25, -0.2) is 0 Å². The summed E-state index contributed by atoms with van der Waals surface area (Å²) < 4.78 is 12.7. The molecule has 2 aromatic carbocycles. The van der Waals surface area contributed by atoms with Crippen LogP contribution < -0.4 is 9.64 Å². The van der Waals surface area contributed by atoms with Crippen molar-refractivity contribution in [3.63, 3.8) is 0 Å². The number of benzene rings is 2. The molecule has 2 bridgehead atoms. The zero-order valence-corrected chi connectivity index (χ0v) is 29.0. The number of amides is 3. The molecule has 3 saturated heterocycles. The molecule has 1 N–H and O–H groups in total. The van der Waals surface area contributed by atoms with Gasteiger partial charge in [-0.2, -0.15) is 0 Å². The van der Waals surface area contributed by atoms with E-state index < -0.39 is 35.1 Å². The maximum absolute atomic E-state index is 15.0. The summed E-state index contributed by atoms with van der Waals surface area (Å²) in [5, 5.41) is 10.8. The lowest BCUT2D eigenvalue weighted by Gasteiger charge is -2.41. The van der Waals surface area contributed by atoms with Crippen molar-refractivity contribution in [2.24, 2.45) is 23.7 Å². The van der Waals surface area contributed by atoms with Crippen LogP contribution in [0.25, 0.3) is 0 Å². The van der Waals surface area contributed by atoms with Crippen LogP contribution in [0.5, 0.6) is 5.75 Å². The molecule has 5 rings (SSSR count). The number of likely N-dealkylation sites (tertiary alicyclic amines) is 1. The molecule has 2 aromatic rings. The lowest BCUT2D eigenvalue weighted by Crippen LogP contribution is -2.59. The summed E-state index contributed by atoms with van der Waals surface area (Å²) in [6.07, 6.45) is 4.48. The maximum Gasteiger partial charge on any atom is 0.249 e. The Bertz CT molecular complexity index is 1500. The van der Waals surface area contributed by atoms with E-state index in [0.29, 0.717) is 37.4 Å². The van der Waals surface area contributed by atoms with E-state index in [1.807, 2.05) is 89.2 Å². The van der Waals surface area contributed by atoms with Gasteiger partial charge in [0.05, 0.1) is 36.7 Å². The van der Waals surface area contributed by atoms with E-state index in [1.165, 1.54) is 0 Å². The Morgan fingerprint density at radius 2 is 1.75 bits per heavy atom. The average molecular weight is 658 g/mol. The van der Waals surface area contributed by atoms with Crippen LogP contribution in [0.2, 0.25) is 0 Å². The predicted octanol–water partition coefficient (Wildman–Crippen LogP) is 5.24. The van der Waals surface area contributed by atoms with Gasteiger partial charge in [0.25, 0.3) is 0 Å². The van der Waals surface area contributed by atoms with E-state index in [2.05, 4.69) is 13.2 Å². The summed E-state index contributed by atoms with van der Waals surface area (Å²) in [4.78, 5) is 49.8. The van der Waals surface area contributed by atoms with Gasteiger partial charge in [-0.3, -0.25) is 14.4 Å². The Hall–Kier alpha value is -3.95. The van der Waals surface area contributed by atoms with Gasteiger partial charge >= 0.3 is 0 Å². The SMILES string of the molecule is C=CCN(Cc1ccccc1)C(=O)C1N([C@@H](CO)[C@@H](C)CC)C(=O)[C@@H]2[C@H](C(=O)N(CC=C)c3ccc(OCC)cc3)[C@@]3(C)OC12CC3C. The number of ether oxygens (including phenoxy) is 2. The minimum Gasteiger partial charge on any atom is -0.494 e. The zero-order chi connectivity index (χ0) is 34.8. The Kier molecular flexibility index (Phi) is 10.5. The highest BCUT2D eigenvalue weighted by molar-refractivity contribution is 6.03. The van der Waals surface area contributed by atoms with Crippen LogP contribution in [-0.2, 0) is 25.7 Å². The topological polar surface area (TPSA) is 99.6 Å². The number of hydrogen-bond donors (Lipinski definition) is 1. The molecule has 1 spiro atoms. The van der Waals surface area contributed by atoms with Crippen LogP contribution in [0.1, 0.15) is 53.0 Å². The fourth-order valence-electron chi connectivity index (χ4n) is 8.38. The first-order chi connectivity index (χ1) is 23.0. The van der Waals surface area contributed by atoms with Crippen molar-refractivity contribution in [3.05, 3.63) is 85.5 Å². The number of anilines is 1. The van der Waals surface area contributed by atoms with Crippen molar-refractivity contribution in [2.75, 3.05) is 31.2 Å². The highest BCUT2D eigenvalue weighted by atomic mass is 16.5. The van der Waals surface area contributed by atoms with Gasteiger partial charge in [0, 0.05) is 25.3 Å². The first kappa shape index (κ1) is 35.4. The van der Waals surface area contributed by atoms with Crippen LogP contribution in [0, 0.1) is 23.7 Å². The van der Waals surface area contributed by atoms with Crippen LogP contribution in [0.4, 0.5) is 5.69 Å². The number of aliphatic hydroxyl groups excluding tert-OH is 1. The van der Waals surface area contributed by atoms with Gasteiger partial charge in [-0.1, -0.05) is 69.7 Å². The summed E-state index contributed by atoms with van der Waals surface area (Å²) in [6, 6.07) is 15.4. The number of rotatable bonds is 15. The van der Waals surface area contributed by atoms with Crippen molar-refractivity contribution >= 4 is 23.4 Å². The third-order valence-corrected chi connectivity index (χ3v) is 11.0. The normalized spacial score (nSPS) is 28.5. The standard InChI is InChI=1S/C39H51N3O6/c1-8-21-40(24-28-15-13-12-14-16-28)37(46)34-39-23-27(6)38(7,48-39)32(33(39)36(45)42(34)31(25-43)26(5)10-3)35(44)41(22-9-2)29-17-19-30(20-18-29)47-11-4/h8-9,12-20,26-27,31-34,43H,1-2,10-11,21-25H2,3-7H3/t26-,27?,31-,32+,33-,34?,38-,39?/m0/s1. The number of carbonyl (C=O) groups excluding carboxylic acids is 3. The molecule has 0 radical (unpaired) electrons. The molecule has 3 amide bonds. The monoisotopic (exact) mass is 657 g/mol. The van der Waals surface area contributed by atoms with Crippen LogP contribution >= 0.6 is 0 Å². The Morgan fingerprint density at radius 3 is 2.33 bits per heavy atom. The zero-order valence-electron chi connectivity index (χ0n) is 29.0. The molecule has 0 aromatic heterocycles. The third-order valence-electron chi connectivity index (χ3n) is 11.0. The highest BCUT2D eigenvalue weighted by Crippen LogP contribution is 2.66. The number of carbonyl (C=O) groups is 3. The number of fused-ring (bicyclic) bond motifs is 1. The molecule has 8 atom stereocenters. The van der Waals surface area contributed by atoms with Crippen LogP contribution in [-0.4, -0.2) is 82.2 Å². The first-order valence-corrected chi connectivity index (χ1v) is 17.2. The summed E-state index contributed by atoms with van der Waals surface area (Å²) in [5.41, 5.74) is -0.656. The van der Waals surface area contributed by atoms with E-state index in [1.54, 1.807) is 26.9 Å². The van der Waals surface area contributed by atoms with E-state index in [-0.39, 0.29) is 49.3 Å². The van der Waals surface area contributed by atoms with E-state index in [0.717, 1.165) is 5.56 Å². The average Bonchev–Trinajstić information content (AvgIpc) is 3.60. The fourth-order valence-corrected chi connectivity index (χ4v) is 8.38. The minimum absolute atomic E-state index is 0.105. The van der Waals surface area contributed by atoms with Crippen molar-refractivity contribution in [1.29, 1.82) is 0 Å². The van der Waals surface area contributed by atoms with Crippen molar-refractivity contribution in [2.45, 2.75) is 77.3 Å². The quantitative estimate of drug-likeness (QED) is 0.263. The molecule has 258 valence electrons. The van der Waals surface area contributed by atoms with Gasteiger partial charge in [0.2, 0.25) is 17.7 Å². The molecule has 0 aliphatic carbocycles. The maximum atomic E-state index is 15.0. The van der Waals surface area contributed by atoms with E-state index >= 15 is 0 Å². The number of hydrogen-bond acceptors (Lipinski definition) is 6. The molecular formula is C39H51N3O6. The lowest BCUT2D eigenvalue weighted by molar-refractivity contribution is -0.157. The van der Waals surface area contributed by atoms with Crippen molar-refractivity contribution in [3.8, 4) is 5.75 Å². The second-order valence-electron chi connectivity index (χ2n) is 13.7. The molecule has 3 aliphatic rings. The minimum atomic E-state index is -1.25. The van der Waals surface area contributed by atoms with E-state index in [4.69, 9.17) is 9.47 Å². The third kappa shape index (κ3) is 5.85. The van der Waals surface area contributed by atoms with Gasteiger partial charge in [-0.15, -0.1) is 13.2 Å². The second-order valence-corrected chi connectivity index (χ2v) is 13.7. The Labute approximate surface area is 285 Å². The second kappa shape index (κ2) is 14.3. The molecular weight excluding hydrogens is 606 g/mol. The van der Waals surface area contributed by atoms with Gasteiger partial charge in [0.15, 0.2) is 0 Å². The molecule has 0 saturated carbocycles. The summed E-state index contributed by atoms with van der Waals surface area (Å²) in [5.74, 6) is -2.15. The fraction of sp³-hybridized carbons (Fsp3) is 0.513. The van der Waals surface area contributed by atoms with Gasteiger partial charge in [-0.05, 0) is 61.9 Å². The Morgan fingerprint density at radius 1 is 1.08 bits per heavy atom. The lowest BCUT2D eigenvalue weighted by atomic mass is 9.62. The molecule has 48 heavy (non-hydrogen) atoms. The molecule has 3 unspecified atom stereocenters. The molecule has 3 aliphatic heterocycles. The number of nitrogens with zero attached hydrogens (tertiary/aromatic N) is 3. The van der Waals surface area contributed by atoms with Crippen molar-refractivity contribution in [1.82, 2.24) is 9.80 Å². The summed E-state index contributed by atoms with van der Waals surface area (Å²) in [6.45, 7) is 18.7. The number of aliphatic hydroxyl groups is 1. The largest absolute Gasteiger partial charge is 0.494 e. The van der Waals surface area contributed by atoms with Crippen LogP contribution in [0.15, 0.2) is 79.9 Å². The Balaban J connectivity index is 1.62. The first-order valence-electron chi connectivity index (χ1n) is 17.2. The summed E-state index contributed by atoms with van der Waals surface area (Å²) in [7, 11) is 0. The van der Waals surface area contributed by atoms with Gasteiger partial charge in [0.1, 0.15) is 17.4 Å². The predicted molar refractivity (Wildman–Crippen MR) is 186 cm³/mol. The van der Waals surface area contributed by atoms with Crippen molar-refractivity contribution < 1.29 is 29.0 Å². The van der Waals surface area contributed by atoms with Crippen LogP contribution in [0.3, 0.4) is 0 Å². The highest BCUT2D eigenvalue weighted by Gasteiger charge is 2.80. The van der Waals surface area contributed by atoms with Gasteiger partial charge < -0.3 is 29.3 Å². The molecule has 9 heteroatoms. The molecule has 3 heterocycles. The smallest absolute Gasteiger partial charge is 0.249 e. The molecule has 9 nitrogen and oxygen atoms in total. The molecule has 3 fully saturated rings. The summed E-state index contributed by atoms with van der Waals surface area (Å²) >= 11 is 0. The van der Waals surface area contributed by atoms with E-state index in [9.17, 15) is 19.5 Å².